The Bertz CT molecular complexity index is 447. The van der Waals surface area contributed by atoms with E-state index >= 15 is 0 Å². The highest BCUT2D eigenvalue weighted by molar-refractivity contribution is 5.59. The van der Waals surface area contributed by atoms with Crippen molar-refractivity contribution in [3.8, 4) is 11.3 Å². The minimum atomic E-state index is 0.951. The van der Waals surface area contributed by atoms with Gasteiger partial charge in [0.2, 0.25) is 0 Å². The number of rotatable bonds is 4. The molecule has 0 saturated heterocycles. The molecule has 2 aromatic heterocycles. The molecule has 0 aliphatic rings. The molecule has 4 heteroatoms. The molecule has 2 heterocycles. The minimum absolute atomic E-state index is 0.951. The molecule has 2 aromatic rings. The Balaban J connectivity index is 2.25. The average molecular weight is 216 g/mol. The first-order valence-corrected chi connectivity index (χ1v) is 5.39. The summed E-state index contributed by atoms with van der Waals surface area (Å²) < 4.78 is 1.92. The Morgan fingerprint density at radius 3 is 2.75 bits per heavy atom. The number of nitrogens with one attached hydrogen (secondary N) is 1. The summed E-state index contributed by atoms with van der Waals surface area (Å²) in [6.07, 6.45) is 4.56. The van der Waals surface area contributed by atoms with Crippen LogP contribution >= 0.6 is 0 Å². The molecular weight excluding hydrogens is 200 g/mol. The van der Waals surface area contributed by atoms with E-state index in [1.54, 1.807) is 12.4 Å². The quantitative estimate of drug-likeness (QED) is 0.836. The Hall–Kier alpha value is -1.68. The lowest BCUT2D eigenvalue weighted by Crippen LogP contribution is -2.10. The first kappa shape index (κ1) is 10.8. The molecule has 4 nitrogen and oxygen atoms in total. The van der Waals surface area contributed by atoms with E-state index in [0.29, 0.717) is 0 Å². The van der Waals surface area contributed by atoms with Crippen LogP contribution < -0.4 is 5.32 Å². The lowest BCUT2D eigenvalue weighted by Gasteiger charge is -1.99. The fraction of sp³-hybridized carbons (Fsp3) is 0.333. The van der Waals surface area contributed by atoms with Gasteiger partial charge < -0.3 is 5.32 Å². The van der Waals surface area contributed by atoms with Crippen molar-refractivity contribution >= 4 is 0 Å². The van der Waals surface area contributed by atoms with Crippen LogP contribution in [0.5, 0.6) is 0 Å². The van der Waals surface area contributed by atoms with Crippen molar-refractivity contribution in [2.75, 3.05) is 13.6 Å². The zero-order chi connectivity index (χ0) is 11.4. The molecule has 0 aliphatic heterocycles. The zero-order valence-electron chi connectivity index (χ0n) is 9.64. The standard InChI is InChI=1S/C12H16N4/c1-13-6-5-11-9-12(16(2)15-11)10-3-7-14-8-4-10/h3-4,7-9,13H,5-6H2,1-2H3. The highest BCUT2D eigenvalue weighted by Gasteiger charge is 2.06. The Kier molecular flexibility index (Phi) is 3.31. The number of pyridine rings is 1. The Labute approximate surface area is 95.3 Å². The summed E-state index contributed by atoms with van der Waals surface area (Å²) in [5, 5.41) is 7.61. The SMILES string of the molecule is CNCCc1cc(-c2ccncc2)n(C)n1. The van der Waals surface area contributed by atoms with E-state index < -0.39 is 0 Å². The largest absolute Gasteiger partial charge is 0.319 e. The van der Waals surface area contributed by atoms with Gasteiger partial charge in [0.1, 0.15) is 0 Å². The highest BCUT2D eigenvalue weighted by Crippen LogP contribution is 2.18. The van der Waals surface area contributed by atoms with Crippen LogP contribution in [-0.2, 0) is 13.5 Å². The molecular formula is C12H16N4. The van der Waals surface area contributed by atoms with Crippen LogP contribution in [0.4, 0.5) is 0 Å². The summed E-state index contributed by atoms with van der Waals surface area (Å²) in [7, 11) is 3.92. The van der Waals surface area contributed by atoms with Gasteiger partial charge in [-0.2, -0.15) is 5.10 Å². The van der Waals surface area contributed by atoms with E-state index in [4.69, 9.17) is 0 Å². The van der Waals surface area contributed by atoms with Crippen molar-refractivity contribution in [2.24, 2.45) is 7.05 Å². The molecule has 0 fully saturated rings. The summed E-state index contributed by atoms with van der Waals surface area (Å²) in [5.74, 6) is 0. The van der Waals surface area contributed by atoms with Crippen LogP contribution in [-0.4, -0.2) is 28.4 Å². The van der Waals surface area contributed by atoms with Crippen molar-refractivity contribution in [1.82, 2.24) is 20.1 Å². The number of likely N-dealkylation sites (N-methyl/N-ethyl adjacent to an activating group) is 1. The molecule has 0 spiro atoms. The molecule has 0 saturated carbocycles. The van der Waals surface area contributed by atoms with E-state index in [1.165, 1.54) is 0 Å². The fourth-order valence-electron chi connectivity index (χ4n) is 1.69. The molecule has 1 N–H and O–H groups in total. The number of hydrogen-bond acceptors (Lipinski definition) is 3. The van der Waals surface area contributed by atoms with Gasteiger partial charge in [-0.3, -0.25) is 9.67 Å². The second-order valence-corrected chi connectivity index (χ2v) is 3.73. The minimum Gasteiger partial charge on any atom is -0.319 e. The second kappa shape index (κ2) is 4.90. The molecule has 0 radical (unpaired) electrons. The van der Waals surface area contributed by atoms with Gasteiger partial charge in [-0.05, 0) is 25.2 Å². The maximum Gasteiger partial charge on any atom is 0.0682 e. The van der Waals surface area contributed by atoms with Crippen molar-refractivity contribution in [3.63, 3.8) is 0 Å². The van der Waals surface area contributed by atoms with Crippen molar-refractivity contribution in [2.45, 2.75) is 6.42 Å². The predicted molar refractivity (Wildman–Crippen MR) is 64.1 cm³/mol. The van der Waals surface area contributed by atoms with E-state index in [0.717, 1.165) is 29.9 Å². The zero-order valence-corrected chi connectivity index (χ0v) is 9.64. The van der Waals surface area contributed by atoms with Gasteiger partial charge in [-0.25, -0.2) is 0 Å². The van der Waals surface area contributed by atoms with Gasteiger partial charge in [0.15, 0.2) is 0 Å². The van der Waals surface area contributed by atoms with Crippen LogP contribution in [0.15, 0.2) is 30.6 Å². The van der Waals surface area contributed by atoms with Crippen LogP contribution in [0.25, 0.3) is 11.3 Å². The fourth-order valence-corrected chi connectivity index (χ4v) is 1.69. The van der Waals surface area contributed by atoms with Gasteiger partial charge in [0.25, 0.3) is 0 Å². The maximum atomic E-state index is 4.48. The van der Waals surface area contributed by atoms with Crippen LogP contribution in [0, 0.1) is 0 Å². The molecule has 0 unspecified atom stereocenters. The third-order valence-corrected chi connectivity index (χ3v) is 2.54. The predicted octanol–water partition coefficient (Wildman–Crippen LogP) is 1.24. The summed E-state index contributed by atoms with van der Waals surface area (Å²) in [5.41, 5.74) is 3.40. The third kappa shape index (κ3) is 2.28. The summed E-state index contributed by atoms with van der Waals surface area (Å²) in [6, 6.07) is 6.13. The molecule has 0 bridgehead atoms. The number of aromatic nitrogens is 3. The second-order valence-electron chi connectivity index (χ2n) is 3.73. The van der Waals surface area contributed by atoms with Crippen LogP contribution in [0.1, 0.15) is 5.69 Å². The van der Waals surface area contributed by atoms with E-state index in [9.17, 15) is 0 Å². The highest BCUT2D eigenvalue weighted by atomic mass is 15.3. The number of aryl methyl sites for hydroxylation is 1. The maximum absolute atomic E-state index is 4.48. The lowest BCUT2D eigenvalue weighted by molar-refractivity contribution is 0.720. The Morgan fingerprint density at radius 1 is 1.31 bits per heavy atom. The van der Waals surface area contributed by atoms with Crippen molar-refractivity contribution < 1.29 is 0 Å². The molecule has 0 aromatic carbocycles. The Morgan fingerprint density at radius 2 is 2.06 bits per heavy atom. The van der Waals surface area contributed by atoms with Crippen LogP contribution in [0.3, 0.4) is 0 Å². The number of hydrogen-bond donors (Lipinski definition) is 1. The first-order valence-electron chi connectivity index (χ1n) is 5.39. The lowest BCUT2D eigenvalue weighted by atomic mass is 10.2. The van der Waals surface area contributed by atoms with E-state index in [-0.39, 0.29) is 0 Å². The van der Waals surface area contributed by atoms with Crippen LogP contribution in [0.2, 0.25) is 0 Å². The van der Waals surface area contributed by atoms with E-state index in [1.807, 2.05) is 30.9 Å². The smallest absolute Gasteiger partial charge is 0.0682 e. The summed E-state index contributed by atoms with van der Waals surface area (Å²) in [6.45, 7) is 0.951. The molecule has 0 aliphatic carbocycles. The molecule has 16 heavy (non-hydrogen) atoms. The van der Waals surface area contributed by atoms with E-state index in [2.05, 4.69) is 21.5 Å². The van der Waals surface area contributed by atoms with Gasteiger partial charge in [-0.1, -0.05) is 0 Å². The number of nitrogens with zero attached hydrogens (tertiary/aromatic N) is 3. The first-order chi connectivity index (χ1) is 7.81. The molecule has 0 atom stereocenters. The summed E-state index contributed by atoms with van der Waals surface area (Å²) in [4.78, 5) is 4.02. The normalized spacial score (nSPS) is 10.6. The van der Waals surface area contributed by atoms with Crippen molar-refractivity contribution in [3.05, 3.63) is 36.3 Å². The van der Waals surface area contributed by atoms with Gasteiger partial charge in [0, 0.05) is 38.0 Å². The average Bonchev–Trinajstić information content (AvgIpc) is 2.69. The van der Waals surface area contributed by atoms with Gasteiger partial charge >= 0.3 is 0 Å². The summed E-state index contributed by atoms with van der Waals surface area (Å²) >= 11 is 0. The van der Waals surface area contributed by atoms with Gasteiger partial charge in [-0.15, -0.1) is 0 Å². The molecule has 84 valence electrons. The van der Waals surface area contributed by atoms with Crippen molar-refractivity contribution in [1.29, 1.82) is 0 Å². The topological polar surface area (TPSA) is 42.7 Å². The molecule has 0 amide bonds. The third-order valence-electron chi connectivity index (χ3n) is 2.54. The monoisotopic (exact) mass is 216 g/mol. The van der Waals surface area contributed by atoms with Gasteiger partial charge in [0.05, 0.1) is 11.4 Å². The molecule has 2 rings (SSSR count).